The molecular weight excluding hydrogens is 340 g/mol. The lowest BCUT2D eigenvalue weighted by Gasteiger charge is -2.13. The van der Waals surface area contributed by atoms with Crippen molar-refractivity contribution in [3.05, 3.63) is 106 Å². The molecule has 1 heterocycles. The molecule has 0 bridgehead atoms. The Morgan fingerprint density at radius 2 is 1.52 bits per heavy atom. The molecule has 0 radical (unpaired) electrons. The standard InChI is InChI=1S/C22H16N2O3/c1-23-18-13-7-5-11-16(18)21(22(23)25)20(15-9-3-2-4-10-15)17-12-6-8-14-19(17)24(26)27/h2-14H,1H3/b21-20+. The number of carbonyl (C=O) groups excluding carboxylic acids is 1. The van der Waals surface area contributed by atoms with E-state index in [1.165, 1.54) is 6.07 Å². The van der Waals surface area contributed by atoms with E-state index in [1.54, 1.807) is 30.1 Å². The van der Waals surface area contributed by atoms with Crippen molar-refractivity contribution in [1.82, 2.24) is 0 Å². The molecule has 1 amide bonds. The maximum atomic E-state index is 13.1. The zero-order chi connectivity index (χ0) is 19.0. The number of amides is 1. The fourth-order valence-electron chi connectivity index (χ4n) is 3.50. The Bertz CT molecular complexity index is 1090. The Morgan fingerprint density at radius 3 is 2.26 bits per heavy atom. The van der Waals surface area contributed by atoms with Crippen molar-refractivity contribution in [2.24, 2.45) is 0 Å². The molecule has 3 aromatic carbocycles. The average molecular weight is 356 g/mol. The molecule has 0 saturated carbocycles. The van der Waals surface area contributed by atoms with Crippen LogP contribution in [-0.2, 0) is 4.79 Å². The lowest BCUT2D eigenvalue weighted by atomic mass is 9.89. The largest absolute Gasteiger partial charge is 0.311 e. The minimum atomic E-state index is -0.409. The van der Waals surface area contributed by atoms with Gasteiger partial charge in [-0.05, 0) is 17.7 Å². The fraction of sp³-hybridized carbons (Fsp3) is 0.0455. The highest BCUT2D eigenvalue weighted by Gasteiger charge is 2.34. The third kappa shape index (κ3) is 2.69. The first-order chi connectivity index (χ1) is 13.1. The summed E-state index contributed by atoms with van der Waals surface area (Å²) in [5.41, 5.74) is 3.80. The molecule has 132 valence electrons. The number of nitrogens with zero attached hydrogens (tertiary/aromatic N) is 2. The minimum Gasteiger partial charge on any atom is -0.311 e. The van der Waals surface area contributed by atoms with Gasteiger partial charge in [0.25, 0.3) is 11.6 Å². The Morgan fingerprint density at radius 1 is 0.889 bits per heavy atom. The number of nitro benzene ring substituents is 1. The number of carbonyl (C=O) groups is 1. The smallest absolute Gasteiger partial charge is 0.277 e. The molecule has 5 heteroatoms. The number of benzene rings is 3. The third-order valence-electron chi connectivity index (χ3n) is 4.74. The second kappa shape index (κ2) is 6.53. The Balaban J connectivity index is 2.12. The van der Waals surface area contributed by atoms with E-state index < -0.39 is 4.92 Å². The van der Waals surface area contributed by atoms with Crippen LogP contribution in [0.2, 0.25) is 0 Å². The second-order valence-electron chi connectivity index (χ2n) is 6.27. The molecule has 0 spiro atoms. The molecule has 1 aliphatic rings. The van der Waals surface area contributed by atoms with Gasteiger partial charge in [0, 0.05) is 24.3 Å². The number of hydrogen-bond acceptors (Lipinski definition) is 3. The lowest BCUT2D eigenvalue weighted by Crippen LogP contribution is -2.21. The number of anilines is 1. The highest BCUT2D eigenvalue weighted by Crippen LogP contribution is 2.43. The zero-order valence-electron chi connectivity index (χ0n) is 14.6. The first-order valence-electron chi connectivity index (χ1n) is 8.50. The van der Waals surface area contributed by atoms with E-state index in [0.717, 1.165) is 16.8 Å². The zero-order valence-corrected chi connectivity index (χ0v) is 14.6. The van der Waals surface area contributed by atoms with E-state index in [1.807, 2.05) is 54.6 Å². The molecule has 0 fully saturated rings. The summed E-state index contributed by atoms with van der Waals surface area (Å²) >= 11 is 0. The number of para-hydroxylation sites is 2. The van der Waals surface area contributed by atoms with Crippen LogP contribution in [0.25, 0.3) is 11.1 Å². The van der Waals surface area contributed by atoms with Gasteiger partial charge in [0.2, 0.25) is 0 Å². The van der Waals surface area contributed by atoms with Crippen LogP contribution in [0.1, 0.15) is 16.7 Å². The minimum absolute atomic E-state index is 0.0244. The van der Waals surface area contributed by atoms with Crippen molar-refractivity contribution in [1.29, 1.82) is 0 Å². The lowest BCUT2D eigenvalue weighted by molar-refractivity contribution is -0.385. The Hall–Kier alpha value is -3.73. The van der Waals surface area contributed by atoms with Crippen molar-refractivity contribution < 1.29 is 9.72 Å². The maximum absolute atomic E-state index is 13.1. The predicted octanol–water partition coefficient (Wildman–Crippen LogP) is 4.53. The summed E-state index contributed by atoms with van der Waals surface area (Å²) in [5.74, 6) is -0.173. The molecule has 3 aromatic rings. The summed E-state index contributed by atoms with van der Waals surface area (Å²) < 4.78 is 0. The second-order valence-corrected chi connectivity index (χ2v) is 6.27. The van der Waals surface area contributed by atoms with Crippen molar-refractivity contribution in [3.8, 4) is 0 Å². The molecular formula is C22H16N2O3. The van der Waals surface area contributed by atoms with E-state index in [0.29, 0.717) is 16.7 Å². The molecule has 0 unspecified atom stereocenters. The average Bonchev–Trinajstić information content (AvgIpc) is 2.95. The summed E-state index contributed by atoms with van der Waals surface area (Å²) in [5, 5.41) is 11.7. The number of fused-ring (bicyclic) bond motifs is 1. The molecule has 1 aliphatic heterocycles. The number of hydrogen-bond donors (Lipinski definition) is 0. The molecule has 5 nitrogen and oxygen atoms in total. The summed E-state index contributed by atoms with van der Waals surface area (Å²) in [7, 11) is 1.72. The van der Waals surface area contributed by atoms with Crippen molar-refractivity contribution >= 4 is 28.4 Å². The monoisotopic (exact) mass is 356 g/mol. The van der Waals surface area contributed by atoms with Gasteiger partial charge in [-0.2, -0.15) is 0 Å². The summed E-state index contributed by atoms with van der Waals surface area (Å²) in [6.07, 6.45) is 0. The van der Waals surface area contributed by atoms with Crippen LogP contribution in [-0.4, -0.2) is 17.9 Å². The maximum Gasteiger partial charge on any atom is 0.277 e. The number of likely N-dealkylation sites (N-methyl/N-ethyl adjacent to an activating group) is 1. The van der Waals surface area contributed by atoms with E-state index in [4.69, 9.17) is 0 Å². The van der Waals surface area contributed by atoms with Gasteiger partial charge in [0.1, 0.15) is 0 Å². The van der Waals surface area contributed by atoms with E-state index in [-0.39, 0.29) is 11.6 Å². The summed E-state index contributed by atoms with van der Waals surface area (Å²) in [6.45, 7) is 0. The van der Waals surface area contributed by atoms with Gasteiger partial charge in [-0.15, -0.1) is 0 Å². The number of rotatable bonds is 3. The van der Waals surface area contributed by atoms with Crippen LogP contribution in [0.5, 0.6) is 0 Å². The van der Waals surface area contributed by atoms with E-state index >= 15 is 0 Å². The molecule has 27 heavy (non-hydrogen) atoms. The van der Waals surface area contributed by atoms with Crippen LogP contribution < -0.4 is 4.90 Å². The van der Waals surface area contributed by atoms with E-state index in [9.17, 15) is 14.9 Å². The normalized spacial score (nSPS) is 14.9. The van der Waals surface area contributed by atoms with Gasteiger partial charge >= 0.3 is 0 Å². The van der Waals surface area contributed by atoms with Gasteiger partial charge in [0.15, 0.2) is 0 Å². The third-order valence-corrected chi connectivity index (χ3v) is 4.74. The fourth-order valence-corrected chi connectivity index (χ4v) is 3.50. The van der Waals surface area contributed by atoms with Gasteiger partial charge in [-0.25, -0.2) is 0 Å². The highest BCUT2D eigenvalue weighted by molar-refractivity contribution is 6.39. The molecule has 0 atom stereocenters. The molecule has 0 N–H and O–H groups in total. The Kier molecular flexibility index (Phi) is 4.05. The van der Waals surface area contributed by atoms with Crippen LogP contribution in [0.4, 0.5) is 11.4 Å². The quantitative estimate of drug-likeness (QED) is 0.393. The van der Waals surface area contributed by atoms with Crippen molar-refractivity contribution in [2.45, 2.75) is 0 Å². The molecule has 0 saturated heterocycles. The van der Waals surface area contributed by atoms with Crippen molar-refractivity contribution in [3.63, 3.8) is 0 Å². The number of nitro groups is 1. The van der Waals surface area contributed by atoms with Crippen LogP contribution in [0.15, 0.2) is 78.9 Å². The van der Waals surface area contributed by atoms with Gasteiger partial charge < -0.3 is 4.90 Å². The topological polar surface area (TPSA) is 63.5 Å². The van der Waals surface area contributed by atoms with Gasteiger partial charge in [0.05, 0.1) is 21.7 Å². The summed E-state index contributed by atoms with van der Waals surface area (Å²) in [6, 6.07) is 23.4. The summed E-state index contributed by atoms with van der Waals surface area (Å²) in [4.78, 5) is 26.0. The van der Waals surface area contributed by atoms with Gasteiger partial charge in [-0.3, -0.25) is 14.9 Å². The highest BCUT2D eigenvalue weighted by atomic mass is 16.6. The van der Waals surface area contributed by atoms with Crippen molar-refractivity contribution in [2.75, 3.05) is 11.9 Å². The molecule has 4 rings (SSSR count). The predicted molar refractivity (Wildman–Crippen MR) is 105 cm³/mol. The van der Waals surface area contributed by atoms with Crippen LogP contribution in [0.3, 0.4) is 0 Å². The van der Waals surface area contributed by atoms with Gasteiger partial charge in [-0.1, -0.05) is 60.7 Å². The van der Waals surface area contributed by atoms with E-state index in [2.05, 4.69) is 0 Å². The Labute approximate surface area is 156 Å². The van der Waals surface area contributed by atoms with Crippen LogP contribution >= 0.6 is 0 Å². The molecule has 0 aliphatic carbocycles. The first kappa shape index (κ1) is 16.7. The SMILES string of the molecule is CN1C(=O)/C(=C(\c2ccccc2)c2ccccc2[N+](=O)[O-])c2ccccc21. The first-order valence-corrected chi connectivity index (χ1v) is 8.50. The van der Waals surface area contributed by atoms with Crippen LogP contribution in [0, 0.1) is 10.1 Å². The molecule has 0 aromatic heterocycles.